The molecule has 6 nitrogen and oxygen atoms in total. The predicted octanol–water partition coefficient (Wildman–Crippen LogP) is 3.72. The zero-order chi connectivity index (χ0) is 21.2. The summed E-state index contributed by atoms with van der Waals surface area (Å²) in [6, 6.07) is 7.50. The van der Waals surface area contributed by atoms with Crippen LogP contribution in [0.15, 0.2) is 49.6 Å². The molecule has 0 bridgehead atoms. The highest BCUT2D eigenvalue weighted by Gasteiger charge is 2.31. The quantitative estimate of drug-likeness (QED) is 0.444. The van der Waals surface area contributed by atoms with Gasteiger partial charge in [0.1, 0.15) is 12.2 Å². The van der Waals surface area contributed by atoms with E-state index in [0.29, 0.717) is 45.6 Å². The molecule has 0 N–H and O–H groups in total. The topological polar surface area (TPSA) is 59.1 Å². The van der Waals surface area contributed by atoms with E-state index in [1.165, 1.54) is 0 Å². The number of rotatable bonds is 10. The molecular formula is C23H32N2O4. The maximum Gasteiger partial charge on any atom is 0.255 e. The summed E-state index contributed by atoms with van der Waals surface area (Å²) in [7, 11) is 0. The number of ether oxygens (including phenoxy) is 2. The van der Waals surface area contributed by atoms with Gasteiger partial charge in [0.25, 0.3) is 11.8 Å². The molecule has 1 aromatic rings. The molecule has 1 heterocycles. The molecule has 0 aromatic heterocycles. The van der Waals surface area contributed by atoms with Crippen molar-refractivity contribution in [2.75, 3.05) is 36.1 Å². The fourth-order valence-corrected chi connectivity index (χ4v) is 3.24. The van der Waals surface area contributed by atoms with Crippen LogP contribution in [0.25, 0.3) is 0 Å². The lowest BCUT2D eigenvalue weighted by Gasteiger charge is -2.28. The first kappa shape index (κ1) is 22.8. The van der Waals surface area contributed by atoms with Crippen LogP contribution in [0.5, 0.6) is 0 Å². The van der Waals surface area contributed by atoms with Crippen molar-refractivity contribution in [3.63, 3.8) is 0 Å². The molecule has 1 aromatic carbocycles. The lowest BCUT2D eigenvalue weighted by Crippen LogP contribution is -2.40. The van der Waals surface area contributed by atoms with Crippen molar-refractivity contribution in [3.8, 4) is 0 Å². The monoisotopic (exact) mass is 400 g/mol. The fourth-order valence-electron chi connectivity index (χ4n) is 3.24. The van der Waals surface area contributed by atoms with Gasteiger partial charge in [-0.05, 0) is 45.2 Å². The van der Waals surface area contributed by atoms with Crippen LogP contribution >= 0.6 is 0 Å². The molecule has 2 amide bonds. The van der Waals surface area contributed by atoms with Crippen LogP contribution in [0.4, 0.5) is 11.4 Å². The average molecular weight is 401 g/mol. The molecule has 158 valence electrons. The van der Waals surface area contributed by atoms with Gasteiger partial charge in [-0.15, -0.1) is 13.2 Å². The molecular weight excluding hydrogens is 368 g/mol. The van der Waals surface area contributed by atoms with E-state index in [9.17, 15) is 9.59 Å². The fraction of sp³-hybridized carbons (Fsp3) is 0.478. The van der Waals surface area contributed by atoms with Gasteiger partial charge in [0.05, 0.1) is 24.6 Å². The number of carbonyl (C=O) groups is 2. The van der Waals surface area contributed by atoms with Gasteiger partial charge in [0, 0.05) is 13.1 Å². The van der Waals surface area contributed by atoms with E-state index in [2.05, 4.69) is 13.2 Å². The normalized spacial score (nSPS) is 15.8. The number of hydrogen-bond acceptors (Lipinski definition) is 4. The molecule has 0 spiro atoms. The van der Waals surface area contributed by atoms with E-state index >= 15 is 0 Å². The molecule has 0 fully saturated rings. The Hall–Kier alpha value is -2.44. The van der Waals surface area contributed by atoms with Gasteiger partial charge in [-0.2, -0.15) is 0 Å². The predicted molar refractivity (Wildman–Crippen MR) is 116 cm³/mol. The Morgan fingerprint density at radius 3 is 1.72 bits per heavy atom. The summed E-state index contributed by atoms with van der Waals surface area (Å²) in [6.45, 7) is 12.8. The van der Waals surface area contributed by atoms with Gasteiger partial charge < -0.3 is 19.3 Å². The number of para-hydroxylation sites is 2. The summed E-state index contributed by atoms with van der Waals surface area (Å²) in [6.07, 6.45) is 4.46. The van der Waals surface area contributed by atoms with Crippen LogP contribution in [0, 0.1) is 0 Å². The highest BCUT2D eigenvalue weighted by Crippen LogP contribution is 2.33. The van der Waals surface area contributed by atoms with Gasteiger partial charge in [-0.1, -0.05) is 24.3 Å². The first-order chi connectivity index (χ1) is 14.0. The van der Waals surface area contributed by atoms with Crippen LogP contribution in [0.3, 0.4) is 0 Å². The minimum absolute atomic E-state index is 0.105. The Balaban J connectivity index is 2.20. The Bertz CT molecular complexity index is 660. The van der Waals surface area contributed by atoms with Gasteiger partial charge >= 0.3 is 0 Å². The van der Waals surface area contributed by atoms with E-state index in [4.69, 9.17) is 9.47 Å². The van der Waals surface area contributed by atoms with Crippen molar-refractivity contribution < 1.29 is 19.1 Å². The van der Waals surface area contributed by atoms with E-state index < -0.39 is 12.2 Å². The number of hydrogen-bond donors (Lipinski definition) is 0. The van der Waals surface area contributed by atoms with Crippen LogP contribution in [0.2, 0.25) is 0 Å². The summed E-state index contributed by atoms with van der Waals surface area (Å²) >= 11 is 0. The van der Waals surface area contributed by atoms with E-state index in [1.807, 2.05) is 24.3 Å². The zero-order valence-corrected chi connectivity index (χ0v) is 17.5. The summed E-state index contributed by atoms with van der Waals surface area (Å²) in [5.41, 5.74) is 1.45. The molecule has 0 radical (unpaired) electrons. The van der Waals surface area contributed by atoms with Crippen molar-refractivity contribution in [2.24, 2.45) is 0 Å². The second kappa shape index (κ2) is 11.5. The largest absolute Gasteiger partial charge is 0.368 e. The third kappa shape index (κ3) is 6.02. The molecule has 2 unspecified atom stereocenters. The van der Waals surface area contributed by atoms with E-state index in [1.54, 1.807) is 35.8 Å². The smallest absolute Gasteiger partial charge is 0.255 e. The molecule has 2 rings (SSSR count). The summed E-state index contributed by atoms with van der Waals surface area (Å²) < 4.78 is 11.3. The molecule has 6 heteroatoms. The van der Waals surface area contributed by atoms with E-state index in [0.717, 1.165) is 11.4 Å². The summed E-state index contributed by atoms with van der Waals surface area (Å²) in [5, 5.41) is 0. The summed E-state index contributed by atoms with van der Waals surface area (Å²) in [4.78, 5) is 29.5. The van der Waals surface area contributed by atoms with Gasteiger partial charge in [0.2, 0.25) is 0 Å². The molecule has 0 aliphatic carbocycles. The number of benzene rings is 1. The maximum atomic E-state index is 13.0. The molecule has 2 atom stereocenters. The average Bonchev–Trinajstić information content (AvgIpc) is 2.92. The molecule has 0 saturated heterocycles. The van der Waals surface area contributed by atoms with Gasteiger partial charge in [-0.25, -0.2) is 0 Å². The van der Waals surface area contributed by atoms with Gasteiger partial charge in [0.15, 0.2) is 0 Å². The summed E-state index contributed by atoms with van der Waals surface area (Å²) in [5.74, 6) is -0.211. The number of nitrogens with zero attached hydrogens (tertiary/aromatic N) is 2. The molecule has 0 saturated carbocycles. The van der Waals surface area contributed by atoms with Gasteiger partial charge in [-0.3, -0.25) is 9.59 Å². The zero-order valence-electron chi connectivity index (χ0n) is 17.5. The molecule has 1 aliphatic heterocycles. The highest BCUT2D eigenvalue weighted by molar-refractivity contribution is 6.05. The number of fused-ring (bicyclic) bond motifs is 1. The van der Waals surface area contributed by atoms with E-state index in [-0.39, 0.29) is 11.8 Å². The van der Waals surface area contributed by atoms with Crippen molar-refractivity contribution in [2.45, 2.75) is 45.3 Å². The first-order valence-corrected chi connectivity index (χ1v) is 10.2. The second-order valence-electron chi connectivity index (χ2n) is 7.00. The maximum absolute atomic E-state index is 13.0. The number of carbonyl (C=O) groups excluding carboxylic acids is 2. The minimum atomic E-state index is -0.564. The Labute approximate surface area is 173 Å². The lowest BCUT2D eigenvalue weighted by molar-refractivity contribution is -0.129. The van der Waals surface area contributed by atoms with Crippen molar-refractivity contribution in [1.82, 2.24) is 0 Å². The van der Waals surface area contributed by atoms with Crippen molar-refractivity contribution in [3.05, 3.63) is 49.6 Å². The third-order valence-corrected chi connectivity index (χ3v) is 4.83. The van der Waals surface area contributed by atoms with Crippen LogP contribution < -0.4 is 9.80 Å². The first-order valence-electron chi connectivity index (χ1n) is 10.2. The molecule has 29 heavy (non-hydrogen) atoms. The number of amides is 2. The Morgan fingerprint density at radius 2 is 1.34 bits per heavy atom. The third-order valence-electron chi connectivity index (χ3n) is 4.83. The van der Waals surface area contributed by atoms with Crippen molar-refractivity contribution in [1.29, 1.82) is 0 Å². The molecule has 1 aliphatic rings. The number of anilines is 2. The lowest BCUT2D eigenvalue weighted by atomic mass is 10.2. The Kier molecular flexibility index (Phi) is 9.09. The minimum Gasteiger partial charge on any atom is -0.368 e. The van der Waals surface area contributed by atoms with Crippen LogP contribution in [0.1, 0.15) is 33.1 Å². The highest BCUT2D eigenvalue weighted by atomic mass is 16.5. The van der Waals surface area contributed by atoms with Crippen LogP contribution in [-0.4, -0.2) is 50.3 Å². The Morgan fingerprint density at radius 1 is 0.931 bits per heavy atom. The SMILES string of the molecule is C=CCCOC(C)C(=O)N1CCCN(C(=O)C(C)OCCC=C)c2ccccc21. The second-order valence-corrected chi connectivity index (χ2v) is 7.00. The van der Waals surface area contributed by atoms with Crippen LogP contribution in [-0.2, 0) is 19.1 Å². The van der Waals surface area contributed by atoms with Crippen molar-refractivity contribution >= 4 is 23.2 Å². The standard InChI is InChI=1S/C23H32N2O4/c1-5-7-16-28-18(3)22(26)24-14-11-15-25(21-13-10-9-12-20(21)24)23(27)19(4)29-17-8-6-2/h5-6,9-10,12-13,18-19H,1-2,7-8,11,14-17H2,3-4H3.